The van der Waals surface area contributed by atoms with Crippen LogP contribution < -0.4 is 0 Å². The van der Waals surface area contributed by atoms with E-state index in [9.17, 15) is 4.21 Å². The Bertz CT molecular complexity index is 330. The van der Waals surface area contributed by atoms with E-state index in [1.54, 1.807) is 0 Å². The molecule has 0 amide bonds. The summed E-state index contributed by atoms with van der Waals surface area (Å²) in [5.74, 6) is 1.84. The van der Waals surface area contributed by atoms with E-state index in [0.29, 0.717) is 5.41 Å². The van der Waals surface area contributed by atoms with Crippen LogP contribution in [0.4, 0.5) is 0 Å². The van der Waals surface area contributed by atoms with E-state index in [0.717, 1.165) is 31.0 Å². The number of allylic oxidation sites excluding steroid dienone is 1. The zero-order valence-electron chi connectivity index (χ0n) is 12.3. The molecule has 110 valence electrons. The minimum Gasteiger partial charge on any atom is -0.501 e. The molecule has 0 aromatic rings. The van der Waals surface area contributed by atoms with Crippen LogP contribution in [0, 0.1) is 5.41 Å². The molecule has 0 aromatic heterocycles. The highest BCUT2D eigenvalue weighted by Gasteiger charge is 2.35. The summed E-state index contributed by atoms with van der Waals surface area (Å²) in [7, 11) is -0.556. The van der Waals surface area contributed by atoms with Gasteiger partial charge in [0.15, 0.2) is 0 Å². The Morgan fingerprint density at radius 1 is 1.32 bits per heavy atom. The molecular weight excluding hydrogens is 256 g/mol. The molecule has 1 heterocycles. The lowest BCUT2D eigenvalue weighted by molar-refractivity contribution is 0.202. The molecule has 2 rings (SSSR count). The lowest BCUT2D eigenvalue weighted by Gasteiger charge is -2.26. The summed E-state index contributed by atoms with van der Waals surface area (Å²) >= 11 is 0. The molecule has 0 bridgehead atoms. The standard InChI is InChI=1S/C16H28O2S/c1-2-16(10-12-19(17)14-16)9-6-11-18-13-15-7-4-3-5-8-15/h13H,2-12,14H2,1H3. The summed E-state index contributed by atoms with van der Waals surface area (Å²) in [6, 6.07) is 0. The minimum atomic E-state index is -0.556. The van der Waals surface area contributed by atoms with E-state index in [1.807, 2.05) is 6.26 Å². The van der Waals surface area contributed by atoms with Gasteiger partial charge in [-0.2, -0.15) is 0 Å². The number of rotatable bonds is 6. The van der Waals surface area contributed by atoms with Crippen molar-refractivity contribution in [2.75, 3.05) is 18.1 Å². The Hall–Kier alpha value is -0.310. The zero-order valence-corrected chi connectivity index (χ0v) is 13.1. The molecule has 0 aromatic carbocycles. The van der Waals surface area contributed by atoms with Gasteiger partial charge in [0, 0.05) is 22.3 Å². The van der Waals surface area contributed by atoms with E-state index < -0.39 is 10.8 Å². The fourth-order valence-corrected chi connectivity index (χ4v) is 5.28. The molecule has 2 aliphatic rings. The molecule has 1 aliphatic carbocycles. The molecule has 2 unspecified atom stereocenters. The Kier molecular flexibility index (Phi) is 5.93. The van der Waals surface area contributed by atoms with Gasteiger partial charge < -0.3 is 4.74 Å². The molecule has 2 nitrogen and oxygen atoms in total. The van der Waals surface area contributed by atoms with Gasteiger partial charge in [0.2, 0.25) is 0 Å². The van der Waals surface area contributed by atoms with Crippen LogP contribution in [0.2, 0.25) is 0 Å². The smallest absolute Gasteiger partial charge is 0.0873 e. The first-order valence-corrected chi connectivity index (χ1v) is 9.37. The third kappa shape index (κ3) is 4.62. The van der Waals surface area contributed by atoms with Gasteiger partial charge in [-0.3, -0.25) is 4.21 Å². The maximum atomic E-state index is 11.6. The first kappa shape index (κ1) is 15.1. The maximum absolute atomic E-state index is 11.6. The third-order valence-corrected chi connectivity index (χ3v) is 6.39. The van der Waals surface area contributed by atoms with Gasteiger partial charge in [0.05, 0.1) is 12.9 Å². The van der Waals surface area contributed by atoms with Crippen molar-refractivity contribution in [3.8, 4) is 0 Å². The topological polar surface area (TPSA) is 26.3 Å². The molecule has 2 atom stereocenters. The van der Waals surface area contributed by atoms with E-state index >= 15 is 0 Å². The van der Waals surface area contributed by atoms with Crippen LogP contribution >= 0.6 is 0 Å². The molecule has 19 heavy (non-hydrogen) atoms. The quantitative estimate of drug-likeness (QED) is 0.540. The van der Waals surface area contributed by atoms with Crippen molar-refractivity contribution in [2.24, 2.45) is 5.41 Å². The molecule has 2 fully saturated rings. The van der Waals surface area contributed by atoms with Crippen LogP contribution in [0.3, 0.4) is 0 Å². The van der Waals surface area contributed by atoms with Crippen molar-refractivity contribution in [3.05, 3.63) is 11.8 Å². The second kappa shape index (κ2) is 7.47. The summed E-state index contributed by atoms with van der Waals surface area (Å²) < 4.78 is 17.3. The normalized spacial score (nSPS) is 31.4. The summed E-state index contributed by atoms with van der Waals surface area (Å²) in [6.07, 6.45) is 13.1. The molecular formula is C16H28O2S. The van der Waals surface area contributed by atoms with Crippen molar-refractivity contribution in [1.82, 2.24) is 0 Å². The van der Waals surface area contributed by atoms with Crippen LogP contribution in [0.25, 0.3) is 0 Å². The van der Waals surface area contributed by atoms with E-state index in [-0.39, 0.29) is 0 Å². The summed E-state index contributed by atoms with van der Waals surface area (Å²) in [6.45, 7) is 3.07. The van der Waals surface area contributed by atoms with Gasteiger partial charge in [-0.25, -0.2) is 0 Å². The number of hydrogen-bond acceptors (Lipinski definition) is 2. The lowest BCUT2D eigenvalue weighted by Crippen LogP contribution is -2.20. The van der Waals surface area contributed by atoms with E-state index in [4.69, 9.17) is 4.74 Å². The second-order valence-electron chi connectivity index (χ2n) is 6.20. The lowest BCUT2D eigenvalue weighted by atomic mass is 9.80. The first-order chi connectivity index (χ1) is 9.24. The van der Waals surface area contributed by atoms with Gasteiger partial charge >= 0.3 is 0 Å². The summed E-state index contributed by atoms with van der Waals surface area (Å²) in [5, 5.41) is 0. The monoisotopic (exact) mass is 284 g/mol. The minimum absolute atomic E-state index is 0.353. The molecule has 3 heteroatoms. The molecule has 1 aliphatic heterocycles. The zero-order chi connectivity index (χ0) is 13.6. The molecule has 1 saturated heterocycles. The van der Waals surface area contributed by atoms with Crippen LogP contribution in [-0.4, -0.2) is 22.3 Å². The van der Waals surface area contributed by atoms with Crippen LogP contribution in [-0.2, 0) is 15.5 Å². The van der Waals surface area contributed by atoms with Gasteiger partial charge in [0.1, 0.15) is 0 Å². The molecule has 0 radical (unpaired) electrons. The SMILES string of the molecule is CCC1(CCCOC=C2CCCCC2)CCS(=O)C1. The highest BCUT2D eigenvalue weighted by Crippen LogP contribution is 2.38. The molecule has 0 N–H and O–H groups in total. The highest BCUT2D eigenvalue weighted by molar-refractivity contribution is 7.85. The second-order valence-corrected chi connectivity index (χ2v) is 7.78. The fourth-order valence-electron chi connectivity index (χ4n) is 3.30. The van der Waals surface area contributed by atoms with Gasteiger partial charge in [-0.05, 0) is 62.4 Å². The van der Waals surface area contributed by atoms with Crippen molar-refractivity contribution in [2.45, 2.75) is 64.7 Å². The Labute approximate surface area is 120 Å². The first-order valence-electron chi connectivity index (χ1n) is 7.89. The fraction of sp³-hybridized carbons (Fsp3) is 0.875. The molecule has 0 spiro atoms. The van der Waals surface area contributed by atoms with Gasteiger partial charge in [0.25, 0.3) is 0 Å². The highest BCUT2D eigenvalue weighted by atomic mass is 32.2. The van der Waals surface area contributed by atoms with E-state index in [2.05, 4.69) is 6.92 Å². The van der Waals surface area contributed by atoms with Crippen molar-refractivity contribution < 1.29 is 8.95 Å². The van der Waals surface area contributed by atoms with Crippen LogP contribution in [0.5, 0.6) is 0 Å². The maximum Gasteiger partial charge on any atom is 0.0873 e. The number of ether oxygens (including phenoxy) is 1. The Morgan fingerprint density at radius 3 is 2.74 bits per heavy atom. The van der Waals surface area contributed by atoms with Crippen molar-refractivity contribution in [1.29, 1.82) is 0 Å². The average Bonchev–Trinajstić information content (AvgIpc) is 2.82. The number of hydrogen-bond donors (Lipinski definition) is 0. The van der Waals surface area contributed by atoms with Crippen molar-refractivity contribution in [3.63, 3.8) is 0 Å². The summed E-state index contributed by atoms with van der Waals surface area (Å²) in [4.78, 5) is 0. The van der Waals surface area contributed by atoms with Gasteiger partial charge in [-0.15, -0.1) is 0 Å². The van der Waals surface area contributed by atoms with Crippen LogP contribution in [0.15, 0.2) is 11.8 Å². The van der Waals surface area contributed by atoms with Crippen molar-refractivity contribution >= 4 is 10.8 Å². The average molecular weight is 284 g/mol. The Morgan fingerprint density at radius 2 is 2.11 bits per heavy atom. The van der Waals surface area contributed by atoms with Crippen LogP contribution in [0.1, 0.15) is 64.7 Å². The largest absolute Gasteiger partial charge is 0.501 e. The Balaban J connectivity index is 1.64. The predicted molar refractivity (Wildman–Crippen MR) is 81.6 cm³/mol. The predicted octanol–water partition coefficient (Wildman–Crippen LogP) is 4.18. The van der Waals surface area contributed by atoms with E-state index in [1.165, 1.54) is 50.5 Å². The summed E-state index contributed by atoms with van der Waals surface area (Å²) in [5.41, 5.74) is 1.85. The van der Waals surface area contributed by atoms with Gasteiger partial charge in [-0.1, -0.05) is 13.3 Å². The molecule has 1 saturated carbocycles. The third-order valence-electron chi connectivity index (χ3n) is 4.79.